The second kappa shape index (κ2) is 10.6. The van der Waals surface area contributed by atoms with E-state index < -0.39 is 22.3 Å². The van der Waals surface area contributed by atoms with Crippen molar-refractivity contribution in [3.05, 3.63) is 76.0 Å². The predicted octanol–water partition coefficient (Wildman–Crippen LogP) is 2.42. The lowest BCUT2D eigenvalue weighted by atomic mass is 10.1. The molecule has 3 atom stereocenters. The molecule has 0 bridgehead atoms. The number of nitrogens with zero attached hydrogens (tertiary/aromatic N) is 4. The van der Waals surface area contributed by atoms with Crippen molar-refractivity contribution in [2.45, 2.75) is 31.5 Å². The summed E-state index contributed by atoms with van der Waals surface area (Å²) in [5, 5.41) is 30.6. The van der Waals surface area contributed by atoms with E-state index in [9.17, 15) is 23.6 Å². The number of benzene rings is 1. The molecule has 1 saturated carbocycles. The molecule has 5 rings (SSSR count). The average molecular weight is 553 g/mol. The van der Waals surface area contributed by atoms with Crippen molar-refractivity contribution < 1.29 is 22.5 Å². The van der Waals surface area contributed by atoms with Crippen molar-refractivity contribution in [3.63, 3.8) is 0 Å². The number of aliphatic hydroxyl groups excluding tert-OH is 1. The molecule has 0 amide bonds. The fourth-order valence-electron chi connectivity index (χ4n) is 4.68. The number of nitrogens with two attached hydrogens (primary N) is 1. The van der Waals surface area contributed by atoms with Gasteiger partial charge in [0.05, 0.1) is 34.8 Å². The standard InChI is InChI=1S/C25H24N6O5S2/c26-9-15-1-2-17-3-4-31(21(17)5-15)11-16-6-23(37-13-16)24(33)20-10-28-14-29-25(20)30-19-7-18(22(32)8-19)12-36-38(27,34)35/h1-6,10,13-14,18-19,22,32H,7-8,11-12H2,(H2,27,34,35)(H,28,29,30)/t18-,19-,22+/m1/s1. The van der Waals surface area contributed by atoms with Gasteiger partial charge in [-0.25, -0.2) is 15.1 Å². The maximum absolute atomic E-state index is 13.4. The van der Waals surface area contributed by atoms with Crippen molar-refractivity contribution >= 4 is 44.1 Å². The van der Waals surface area contributed by atoms with Crippen LogP contribution in [0.3, 0.4) is 0 Å². The Morgan fingerprint density at radius 2 is 2.16 bits per heavy atom. The number of nitrogens with one attached hydrogen (secondary N) is 1. The molecule has 4 aromatic rings. The molecule has 4 N–H and O–H groups in total. The van der Waals surface area contributed by atoms with Gasteiger partial charge in [-0.3, -0.25) is 8.98 Å². The molecule has 13 heteroatoms. The summed E-state index contributed by atoms with van der Waals surface area (Å²) in [5.74, 6) is -0.326. The molecule has 1 aliphatic rings. The number of aliphatic hydroxyl groups is 1. The highest BCUT2D eigenvalue weighted by Crippen LogP contribution is 2.30. The SMILES string of the molecule is N#Cc1ccc2ccn(Cc3csc(C(=O)c4cncnc4N[C@@H]4C[C@H](COS(N)(=O)=O)[C@@H](O)C4)c3)c2c1. The maximum atomic E-state index is 13.4. The lowest BCUT2D eigenvalue weighted by Gasteiger charge is -2.15. The molecule has 1 fully saturated rings. The number of anilines is 1. The van der Waals surface area contributed by atoms with Crippen LogP contribution in [0.4, 0.5) is 5.82 Å². The van der Waals surface area contributed by atoms with E-state index in [0.717, 1.165) is 16.5 Å². The van der Waals surface area contributed by atoms with Crippen LogP contribution in [0.5, 0.6) is 0 Å². The molecule has 196 valence electrons. The Kier molecular flexibility index (Phi) is 7.24. The first kappa shape index (κ1) is 26.0. The Bertz CT molecular complexity index is 1640. The lowest BCUT2D eigenvalue weighted by molar-refractivity contribution is 0.101. The Labute approximate surface area is 222 Å². The van der Waals surface area contributed by atoms with E-state index in [-0.39, 0.29) is 18.4 Å². The third-order valence-electron chi connectivity index (χ3n) is 6.54. The van der Waals surface area contributed by atoms with E-state index in [1.54, 1.807) is 6.07 Å². The first-order chi connectivity index (χ1) is 18.2. The molecule has 11 nitrogen and oxygen atoms in total. The van der Waals surface area contributed by atoms with Gasteiger partial charge in [0.1, 0.15) is 12.1 Å². The Hall–Kier alpha value is -3.67. The van der Waals surface area contributed by atoms with E-state index in [2.05, 4.69) is 25.5 Å². The van der Waals surface area contributed by atoms with Gasteiger partial charge in [-0.2, -0.15) is 13.7 Å². The fraction of sp³-hybridized carbons (Fsp3) is 0.280. The third kappa shape index (κ3) is 5.74. The number of nitriles is 1. The van der Waals surface area contributed by atoms with E-state index in [4.69, 9.17) is 5.14 Å². The average Bonchev–Trinajstić information content (AvgIpc) is 3.61. The molecule has 3 aromatic heterocycles. The van der Waals surface area contributed by atoms with Gasteiger partial charge >= 0.3 is 10.3 Å². The van der Waals surface area contributed by atoms with Crippen LogP contribution in [-0.4, -0.2) is 52.6 Å². The molecule has 0 aliphatic heterocycles. The second-order valence-corrected chi connectivity index (χ2v) is 11.3. The number of aromatic nitrogens is 3. The van der Waals surface area contributed by atoms with Crippen molar-refractivity contribution in [2.75, 3.05) is 11.9 Å². The van der Waals surface area contributed by atoms with Crippen molar-refractivity contribution in [2.24, 2.45) is 11.1 Å². The summed E-state index contributed by atoms with van der Waals surface area (Å²) in [6.45, 7) is 0.320. The van der Waals surface area contributed by atoms with Crippen molar-refractivity contribution in [1.29, 1.82) is 5.26 Å². The zero-order chi connectivity index (χ0) is 26.9. The molecular formula is C25H24N6O5S2. The van der Waals surface area contributed by atoms with Crippen LogP contribution in [0.25, 0.3) is 10.9 Å². The minimum absolute atomic E-state index is 0.222. The van der Waals surface area contributed by atoms with Crippen LogP contribution >= 0.6 is 11.3 Å². The van der Waals surface area contributed by atoms with E-state index in [1.807, 2.05) is 40.4 Å². The first-order valence-corrected chi connectivity index (χ1v) is 14.1. The molecular weight excluding hydrogens is 528 g/mol. The van der Waals surface area contributed by atoms with Gasteiger partial charge in [-0.15, -0.1) is 11.3 Å². The summed E-state index contributed by atoms with van der Waals surface area (Å²) in [5.41, 5.74) is 2.77. The molecule has 0 radical (unpaired) electrons. The highest BCUT2D eigenvalue weighted by Gasteiger charge is 2.34. The van der Waals surface area contributed by atoms with Crippen molar-refractivity contribution in [1.82, 2.24) is 14.5 Å². The van der Waals surface area contributed by atoms with Gasteiger partial charge in [-0.1, -0.05) is 6.07 Å². The first-order valence-electron chi connectivity index (χ1n) is 11.7. The predicted molar refractivity (Wildman–Crippen MR) is 141 cm³/mol. The summed E-state index contributed by atoms with van der Waals surface area (Å²) in [7, 11) is -4.10. The number of carbonyl (C=O) groups excluding carboxylic acids is 1. The van der Waals surface area contributed by atoms with Crippen LogP contribution in [0.2, 0.25) is 0 Å². The van der Waals surface area contributed by atoms with Crippen LogP contribution in [-0.2, 0) is 21.0 Å². The number of hydrogen-bond donors (Lipinski definition) is 3. The van der Waals surface area contributed by atoms with Gasteiger partial charge in [-0.05, 0) is 53.4 Å². The van der Waals surface area contributed by atoms with Gasteiger partial charge in [0.25, 0.3) is 0 Å². The molecule has 0 spiro atoms. The van der Waals surface area contributed by atoms with Gasteiger partial charge in [0.2, 0.25) is 5.78 Å². The highest BCUT2D eigenvalue weighted by atomic mass is 32.2. The topological polar surface area (TPSA) is 173 Å². The van der Waals surface area contributed by atoms with Crippen molar-refractivity contribution in [3.8, 4) is 6.07 Å². The molecule has 3 heterocycles. The minimum Gasteiger partial charge on any atom is -0.393 e. The number of carbonyl (C=O) groups is 1. The van der Waals surface area contributed by atoms with E-state index >= 15 is 0 Å². The molecule has 0 unspecified atom stereocenters. The van der Waals surface area contributed by atoms with Gasteiger partial charge < -0.3 is 15.0 Å². The lowest BCUT2D eigenvalue weighted by Crippen LogP contribution is -2.24. The largest absolute Gasteiger partial charge is 0.393 e. The summed E-state index contributed by atoms with van der Waals surface area (Å²) in [6.07, 6.45) is 4.69. The molecule has 0 saturated heterocycles. The monoisotopic (exact) mass is 552 g/mol. The Morgan fingerprint density at radius 1 is 1.32 bits per heavy atom. The quantitative estimate of drug-likeness (QED) is 0.264. The molecule has 38 heavy (non-hydrogen) atoms. The minimum atomic E-state index is -4.10. The van der Waals surface area contributed by atoms with Crippen LogP contribution in [0, 0.1) is 17.2 Å². The third-order valence-corrected chi connectivity index (χ3v) is 7.98. The van der Waals surface area contributed by atoms with Crippen LogP contribution in [0.15, 0.2) is 54.4 Å². The number of thiophene rings is 1. The summed E-state index contributed by atoms with van der Waals surface area (Å²) in [4.78, 5) is 22.2. The van der Waals surface area contributed by atoms with Crippen LogP contribution < -0.4 is 10.5 Å². The summed E-state index contributed by atoms with van der Waals surface area (Å²) >= 11 is 1.32. The molecule has 1 aromatic carbocycles. The zero-order valence-electron chi connectivity index (χ0n) is 20.0. The summed E-state index contributed by atoms with van der Waals surface area (Å²) in [6, 6.07) is 11.3. The van der Waals surface area contributed by atoms with Crippen LogP contribution in [0.1, 0.15) is 39.2 Å². The Morgan fingerprint density at radius 3 is 2.95 bits per heavy atom. The van der Waals surface area contributed by atoms with Gasteiger partial charge in [0, 0.05) is 36.4 Å². The fourth-order valence-corrected chi connectivity index (χ4v) is 5.91. The molecule has 1 aliphatic carbocycles. The number of hydrogen-bond acceptors (Lipinski definition) is 10. The Balaban J connectivity index is 1.29. The second-order valence-electron chi connectivity index (χ2n) is 9.18. The van der Waals surface area contributed by atoms with Gasteiger partial charge in [0.15, 0.2) is 0 Å². The number of fused-ring (bicyclic) bond motifs is 1. The maximum Gasteiger partial charge on any atom is 0.333 e. The number of rotatable bonds is 9. The highest BCUT2D eigenvalue weighted by molar-refractivity contribution is 7.84. The summed E-state index contributed by atoms with van der Waals surface area (Å²) < 4.78 is 28.9. The van der Waals surface area contributed by atoms with E-state index in [0.29, 0.717) is 41.2 Å². The smallest absolute Gasteiger partial charge is 0.333 e. The normalized spacial score (nSPS) is 19.4. The number of ketones is 1. The zero-order valence-corrected chi connectivity index (χ0v) is 21.7. The van der Waals surface area contributed by atoms with E-state index in [1.165, 1.54) is 23.9 Å².